The zero-order chi connectivity index (χ0) is 25.8. The molecule has 0 radical (unpaired) electrons. The quantitative estimate of drug-likeness (QED) is 0.354. The van der Waals surface area contributed by atoms with Crippen molar-refractivity contribution in [2.75, 3.05) is 6.61 Å². The second-order valence-corrected chi connectivity index (χ2v) is 10.1. The number of fused-ring (bicyclic) bond motifs is 1. The summed E-state index contributed by atoms with van der Waals surface area (Å²) in [6.07, 6.45) is 1.04. The van der Waals surface area contributed by atoms with Crippen molar-refractivity contribution in [3.05, 3.63) is 119 Å². The first-order valence-electron chi connectivity index (χ1n) is 12.0. The van der Waals surface area contributed by atoms with Gasteiger partial charge in [-0.3, -0.25) is 14.4 Å². The van der Waals surface area contributed by atoms with Crippen molar-refractivity contribution in [3.63, 3.8) is 0 Å². The number of hydrogen-bond acceptors (Lipinski definition) is 6. The van der Waals surface area contributed by atoms with Crippen LogP contribution in [0, 0.1) is 0 Å². The molecular weight excluding hydrogens is 488 g/mol. The Morgan fingerprint density at radius 1 is 0.919 bits per heavy atom. The van der Waals surface area contributed by atoms with Crippen molar-refractivity contribution in [1.82, 2.24) is 10.2 Å². The van der Waals surface area contributed by atoms with Crippen molar-refractivity contribution in [3.8, 4) is 0 Å². The van der Waals surface area contributed by atoms with Gasteiger partial charge in [0.05, 0.1) is 13.0 Å². The summed E-state index contributed by atoms with van der Waals surface area (Å²) in [5.41, 5.74) is 2.87. The topological polar surface area (TPSA) is 95.9 Å². The number of aliphatic hydroxyl groups excluding tert-OH is 1. The van der Waals surface area contributed by atoms with Gasteiger partial charge in [-0.25, -0.2) is 0 Å². The molecule has 5 rings (SSSR count). The Bertz CT molecular complexity index is 1260. The van der Waals surface area contributed by atoms with Crippen LogP contribution in [0.1, 0.15) is 22.8 Å². The minimum absolute atomic E-state index is 0.154. The van der Waals surface area contributed by atoms with Gasteiger partial charge in [-0.15, -0.1) is 11.8 Å². The number of carbonyl (C=O) groups excluding carboxylic acids is 3. The summed E-state index contributed by atoms with van der Waals surface area (Å²) < 4.78 is 6.02. The number of β-lactam (4-membered cyclic amide) rings is 1. The number of esters is 1. The summed E-state index contributed by atoms with van der Waals surface area (Å²) in [4.78, 5) is 40.2. The average molecular weight is 515 g/mol. The van der Waals surface area contributed by atoms with Gasteiger partial charge in [-0.2, -0.15) is 0 Å². The standard InChI is InChI=1S/C29H26N2O5S/c32-18-22-17-31-27(34)24(30-23(33)16-19-10-4-1-5-11-19)28(31)37-26(22)29(35)36-25(20-12-6-2-7-13-20)21-14-8-3-9-15-21/h1-15,17,24-26,28,32H,16,18H2,(H,30,33)/t24?,26?,28-/m1/s1. The van der Waals surface area contributed by atoms with E-state index in [0.29, 0.717) is 5.57 Å². The van der Waals surface area contributed by atoms with Gasteiger partial charge in [0, 0.05) is 6.20 Å². The van der Waals surface area contributed by atoms with Crippen LogP contribution < -0.4 is 5.32 Å². The molecule has 2 unspecified atom stereocenters. The van der Waals surface area contributed by atoms with E-state index < -0.39 is 35.3 Å². The van der Waals surface area contributed by atoms with Crippen LogP contribution in [0.2, 0.25) is 0 Å². The first-order chi connectivity index (χ1) is 18.0. The second-order valence-electron chi connectivity index (χ2n) is 8.86. The van der Waals surface area contributed by atoms with E-state index in [1.54, 1.807) is 0 Å². The molecule has 7 nitrogen and oxygen atoms in total. The third-order valence-corrected chi connectivity index (χ3v) is 7.90. The summed E-state index contributed by atoms with van der Waals surface area (Å²) in [6, 6.07) is 27.4. The number of aliphatic hydroxyl groups is 1. The van der Waals surface area contributed by atoms with Crippen LogP contribution in [0.25, 0.3) is 0 Å². The minimum atomic E-state index is -0.817. The number of hydrogen-bond donors (Lipinski definition) is 2. The number of nitrogens with zero attached hydrogens (tertiary/aromatic N) is 1. The van der Waals surface area contributed by atoms with E-state index in [0.717, 1.165) is 16.7 Å². The highest BCUT2D eigenvalue weighted by Crippen LogP contribution is 2.41. The lowest BCUT2D eigenvalue weighted by molar-refractivity contribution is -0.148. The highest BCUT2D eigenvalue weighted by atomic mass is 32.2. The summed E-state index contributed by atoms with van der Waals surface area (Å²) in [5, 5.41) is 11.5. The Morgan fingerprint density at radius 2 is 1.49 bits per heavy atom. The highest BCUT2D eigenvalue weighted by molar-refractivity contribution is 8.01. The Labute approximate surface area is 219 Å². The van der Waals surface area contributed by atoms with E-state index in [2.05, 4.69) is 5.32 Å². The molecule has 0 aromatic heterocycles. The Balaban J connectivity index is 1.32. The van der Waals surface area contributed by atoms with Gasteiger partial charge >= 0.3 is 5.97 Å². The third-order valence-electron chi connectivity index (χ3n) is 6.36. The molecule has 1 fully saturated rings. The average Bonchev–Trinajstić information content (AvgIpc) is 2.95. The number of amides is 2. The van der Waals surface area contributed by atoms with E-state index >= 15 is 0 Å². The van der Waals surface area contributed by atoms with Crippen LogP contribution in [-0.2, 0) is 25.5 Å². The van der Waals surface area contributed by atoms with E-state index in [-0.39, 0.29) is 18.2 Å². The van der Waals surface area contributed by atoms with E-state index in [4.69, 9.17) is 4.74 Å². The molecule has 3 aromatic carbocycles. The number of rotatable bonds is 8. The molecule has 0 bridgehead atoms. The van der Waals surface area contributed by atoms with Crippen molar-refractivity contribution in [1.29, 1.82) is 0 Å². The van der Waals surface area contributed by atoms with Crippen LogP contribution in [-0.4, -0.2) is 51.1 Å². The van der Waals surface area contributed by atoms with Crippen molar-refractivity contribution in [2.24, 2.45) is 0 Å². The highest BCUT2D eigenvalue weighted by Gasteiger charge is 2.53. The number of ether oxygens (including phenoxy) is 1. The predicted molar refractivity (Wildman–Crippen MR) is 140 cm³/mol. The first kappa shape index (κ1) is 24.8. The molecular formula is C29H26N2O5S. The fourth-order valence-electron chi connectivity index (χ4n) is 4.47. The maximum Gasteiger partial charge on any atom is 0.324 e. The predicted octanol–water partition coefficient (Wildman–Crippen LogP) is 3.21. The monoisotopic (exact) mass is 514 g/mol. The molecule has 3 atom stereocenters. The number of carbonyl (C=O) groups is 3. The van der Waals surface area contributed by atoms with Crippen LogP contribution in [0.4, 0.5) is 0 Å². The zero-order valence-electron chi connectivity index (χ0n) is 19.9. The summed E-state index contributed by atoms with van der Waals surface area (Å²) in [7, 11) is 0. The van der Waals surface area contributed by atoms with Gasteiger partial charge in [0.15, 0.2) is 6.10 Å². The molecule has 37 heavy (non-hydrogen) atoms. The van der Waals surface area contributed by atoms with Gasteiger partial charge in [-0.1, -0.05) is 91.0 Å². The molecule has 1 saturated heterocycles. The zero-order valence-corrected chi connectivity index (χ0v) is 20.7. The molecule has 188 valence electrons. The third kappa shape index (κ3) is 5.30. The largest absolute Gasteiger partial charge is 0.451 e. The van der Waals surface area contributed by atoms with Crippen molar-refractivity contribution >= 4 is 29.5 Å². The van der Waals surface area contributed by atoms with Crippen molar-refractivity contribution in [2.45, 2.75) is 29.2 Å². The lowest BCUT2D eigenvalue weighted by Crippen LogP contribution is -2.69. The molecule has 3 aromatic rings. The van der Waals surface area contributed by atoms with E-state index in [9.17, 15) is 19.5 Å². The molecule has 0 saturated carbocycles. The SMILES string of the molecule is O=C(Cc1ccccc1)NC1C(=O)N2C=C(CO)C(C(=O)OC(c3ccccc3)c3ccccc3)S[C@H]12. The van der Waals surface area contributed by atoms with E-state index in [1.807, 2.05) is 91.0 Å². The van der Waals surface area contributed by atoms with E-state index in [1.165, 1.54) is 22.9 Å². The first-order valence-corrected chi connectivity index (χ1v) is 12.9. The minimum Gasteiger partial charge on any atom is -0.451 e. The maximum absolute atomic E-state index is 13.5. The molecule has 2 amide bonds. The number of nitrogens with one attached hydrogen (secondary N) is 1. The van der Waals surface area contributed by atoms with Crippen LogP contribution in [0.3, 0.4) is 0 Å². The smallest absolute Gasteiger partial charge is 0.324 e. The Hall–Kier alpha value is -3.88. The molecule has 8 heteroatoms. The molecule has 2 heterocycles. The number of thioether (sulfide) groups is 1. The molecule has 0 spiro atoms. The van der Waals surface area contributed by atoms with Gasteiger partial charge < -0.3 is 20.1 Å². The van der Waals surface area contributed by atoms with Crippen LogP contribution >= 0.6 is 11.8 Å². The van der Waals surface area contributed by atoms with Gasteiger partial charge in [0.1, 0.15) is 16.7 Å². The summed E-state index contributed by atoms with van der Waals surface area (Å²) in [5.74, 6) is -1.06. The van der Waals surface area contributed by atoms with Crippen molar-refractivity contribution < 1.29 is 24.2 Å². The number of benzene rings is 3. The Morgan fingerprint density at radius 3 is 2.05 bits per heavy atom. The maximum atomic E-state index is 13.5. The van der Waals surface area contributed by atoms with Crippen LogP contribution in [0.15, 0.2) is 103 Å². The van der Waals surface area contributed by atoms with Gasteiger partial charge in [0.25, 0.3) is 5.91 Å². The van der Waals surface area contributed by atoms with Gasteiger partial charge in [-0.05, 0) is 22.3 Å². The summed E-state index contributed by atoms with van der Waals surface area (Å²) in [6.45, 7) is -0.393. The normalized spacial score (nSPS) is 20.5. The lowest BCUT2D eigenvalue weighted by Gasteiger charge is -2.48. The molecule has 0 aliphatic carbocycles. The van der Waals surface area contributed by atoms with Gasteiger partial charge in [0.2, 0.25) is 5.91 Å². The lowest BCUT2D eigenvalue weighted by atomic mass is 10.0. The molecule has 2 aliphatic rings. The Kier molecular flexibility index (Phi) is 7.39. The molecule has 2 aliphatic heterocycles. The second kappa shape index (κ2) is 11.0. The summed E-state index contributed by atoms with van der Waals surface area (Å²) >= 11 is 1.20. The molecule has 2 N–H and O–H groups in total. The fourth-order valence-corrected chi connectivity index (χ4v) is 5.87. The fraction of sp³-hybridized carbons (Fsp3) is 0.207. The van der Waals surface area contributed by atoms with Crippen LogP contribution in [0.5, 0.6) is 0 Å².